The number of amides is 2. The van der Waals surface area contributed by atoms with Gasteiger partial charge in [-0.25, -0.2) is 9.59 Å². The summed E-state index contributed by atoms with van der Waals surface area (Å²) in [6.07, 6.45) is 2.60. The summed E-state index contributed by atoms with van der Waals surface area (Å²) in [5.41, 5.74) is 2.37. The number of nitrogens with one attached hydrogen (secondary N) is 2. The lowest BCUT2D eigenvalue weighted by atomic mass is 10.1. The van der Waals surface area contributed by atoms with E-state index in [9.17, 15) is 9.59 Å². The second kappa shape index (κ2) is 6.44. The highest BCUT2D eigenvalue weighted by Gasteiger charge is 2.02. The number of benzene rings is 1. The van der Waals surface area contributed by atoms with E-state index in [4.69, 9.17) is 5.11 Å². The molecule has 1 aromatic rings. The van der Waals surface area contributed by atoms with Gasteiger partial charge in [-0.3, -0.25) is 0 Å². The van der Waals surface area contributed by atoms with E-state index in [1.165, 1.54) is 6.08 Å². The average Bonchev–Trinajstić information content (AvgIpc) is 2.28. The minimum Gasteiger partial charge on any atom is -0.478 e. The molecular formula is C13H16N2O3. The van der Waals surface area contributed by atoms with Crippen LogP contribution < -0.4 is 10.6 Å². The van der Waals surface area contributed by atoms with Gasteiger partial charge in [-0.15, -0.1) is 0 Å². The molecular weight excluding hydrogens is 232 g/mol. The highest BCUT2D eigenvalue weighted by Crippen LogP contribution is 2.16. The summed E-state index contributed by atoms with van der Waals surface area (Å²) < 4.78 is 0. The Morgan fingerprint density at radius 2 is 2.11 bits per heavy atom. The molecule has 0 fully saturated rings. The Hall–Kier alpha value is -2.30. The van der Waals surface area contributed by atoms with Crippen molar-refractivity contribution in [1.29, 1.82) is 0 Å². The van der Waals surface area contributed by atoms with Crippen molar-refractivity contribution in [3.8, 4) is 0 Å². The molecule has 18 heavy (non-hydrogen) atoms. The van der Waals surface area contributed by atoms with E-state index in [2.05, 4.69) is 10.6 Å². The second-order valence-corrected chi connectivity index (χ2v) is 3.73. The number of aryl methyl sites for hydroxylation is 1. The Morgan fingerprint density at radius 1 is 1.39 bits per heavy atom. The van der Waals surface area contributed by atoms with E-state index >= 15 is 0 Å². The van der Waals surface area contributed by atoms with E-state index in [1.54, 1.807) is 18.2 Å². The fraction of sp³-hybridized carbons (Fsp3) is 0.231. The van der Waals surface area contributed by atoms with Crippen LogP contribution in [0, 0.1) is 6.92 Å². The van der Waals surface area contributed by atoms with Crippen LogP contribution >= 0.6 is 0 Å². The maximum atomic E-state index is 11.3. The molecule has 3 N–H and O–H groups in total. The van der Waals surface area contributed by atoms with Gasteiger partial charge in [0.05, 0.1) is 0 Å². The van der Waals surface area contributed by atoms with E-state index in [0.29, 0.717) is 12.2 Å². The highest BCUT2D eigenvalue weighted by atomic mass is 16.4. The molecule has 2 amide bonds. The molecule has 0 spiro atoms. The summed E-state index contributed by atoms with van der Waals surface area (Å²) >= 11 is 0. The van der Waals surface area contributed by atoms with Crippen LogP contribution in [0.3, 0.4) is 0 Å². The van der Waals surface area contributed by atoms with Crippen LogP contribution in [0.25, 0.3) is 6.08 Å². The molecule has 0 saturated carbocycles. The van der Waals surface area contributed by atoms with Gasteiger partial charge in [0.1, 0.15) is 0 Å². The van der Waals surface area contributed by atoms with Crippen LogP contribution in [0.1, 0.15) is 18.1 Å². The summed E-state index contributed by atoms with van der Waals surface area (Å²) in [5.74, 6) is -0.987. The third-order valence-electron chi connectivity index (χ3n) is 2.27. The zero-order valence-corrected chi connectivity index (χ0v) is 10.4. The normalized spacial score (nSPS) is 10.3. The van der Waals surface area contributed by atoms with Gasteiger partial charge in [0, 0.05) is 18.3 Å². The Bertz CT molecular complexity index is 481. The van der Waals surface area contributed by atoms with Crippen molar-refractivity contribution < 1.29 is 14.7 Å². The molecule has 0 radical (unpaired) electrons. The standard InChI is InChI=1S/C13H16N2O3/c1-3-14-13(18)15-11-6-4-10(9(2)8-11)5-7-12(16)17/h4-8H,3H2,1-2H3,(H,16,17)(H2,14,15,18). The molecule has 0 aliphatic heterocycles. The molecule has 1 rings (SSSR count). The Balaban J connectivity index is 2.79. The Morgan fingerprint density at radius 3 is 2.67 bits per heavy atom. The zero-order valence-electron chi connectivity index (χ0n) is 10.4. The monoisotopic (exact) mass is 248 g/mol. The average molecular weight is 248 g/mol. The molecule has 0 atom stereocenters. The van der Waals surface area contributed by atoms with Crippen LogP contribution in [-0.2, 0) is 4.79 Å². The van der Waals surface area contributed by atoms with Crippen molar-refractivity contribution >= 4 is 23.8 Å². The largest absolute Gasteiger partial charge is 0.478 e. The lowest BCUT2D eigenvalue weighted by molar-refractivity contribution is -0.131. The number of aliphatic carboxylic acids is 1. The molecule has 0 heterocycles. The predicted molar refractivity (Wildman–Crippen MR) is 70.5 cm³/mol. The molecule has 0 unspecified atom stereocenters. The fourth-order valence-electron chi connectivity index (χ4n) is 1.44. The van der Waals surface area contributed by atoms with E-state index in [0.717, 1.165) is 17.2 Å². The molecule has 96 valence electrons. The number of carbonyl (C=O) groups excluding carboxylic acids is 1. The smallest absolute Gasteiger partial charge is 0.328 e. The minimum atomic E-state index is -0.987. The van der Waals surface area contributed by atoms with Crippen molar-refractivity contribution in [1.82, 2.24) is 5.32 Å². The lowest BCUT2D eigenvalue weighted by Crippen LogP contribution is -2.28. The molecule has 5 heteroatoms. The summed E-state index contributed by atoms with van der Waals surface area (Å²) in [6.45, 7) is 4.25. The summed E-state index contributed by atoms with van der Waals surface area (Å²) in [6, 6.07) is 5.02. The number of urea groups is 1. The number of rotatable bonds is 4. The van der Waals surface area contributed by atoms with Gasteiger partial charge in [-0.2, -0.15) is 0 Å². The third-order valence-corrected chi connectivity index (χ3v) is 2.27. The first kappa shape index (κ1) is 13.8. The zero-order chi connectivity index (χ0) is 13.5. The molecule has 0 aromatic heterocycles. The molecule has 0 saturated heterocycles. The minimum absolute atomic E-state index is 0.259. The predicted octanol–water partition coefficient (Wildman–Crippen LogP) is 2.23. The number of hydrogen-bond acceptors (Lipinski definition) is 2. The molecule has 5 nitrogen and oxygen atoms in total. The molecule has 1 aromatic carbocycles. The van der Waals surface area contributed by atoms with Gasteiger partial charge >= 0.3 is 12.0 Å². The van der Waals surface area contributed by atoms with Crippen molar-refractivity contribution in [2.45, 2.75) is 13.8 Å². The van der Waals surface area contributed by atoms with E-state index in [1.807, 2.05) is 13.8 Å². The Kier molecular flexibility index (Phi) is 4.92. The molecule has 0 aliphatic carbocycles. The van der Waals surface area contributed by atoms with Crippen molar-refractivity contribution in [3.63, 3.8) is 0 Å². The molecule has 0 bridgehead atoms. The third kappa shape index (κ3) is 4.29. The topological polar surface area (TPSA) is 78.4 Å². The number of hydrogen-bond donors (Lipinski definition) is 3. The summed E-state index contributed by atoms with van der Waals surface area (Å²) in [4.78, 5) is 21.7. The second-order valence-electron chi connectivity index (χ2n) is 3.73. The van der Waals surface area contributed by atoms with Crippen LogP contribution in [-0.4, -0.2) is 23.7 Å². The van der Waals surface area contributed by atoms with E-state index in [-0.39, 0.29) is 6.03 Å². The quantitative estimate of drug-likeness (QED) is 0.715. The maximum absolute atomic E-state index is 11.3. The van der Waals surface area contributed by atoms with Gasteiger partial charge in [-0.05, 0) is 43.2 Å². The highest BCUT2D eigenvalue weighted by molar-refractivity contribution is 5.90. The number of carboxylic acid groups (broad SMARTS) is 1. The van der Waals surface area contributed by atoms with Gasteiger partial charge in [0.2, 0.25) is 0 Å². The first-order chi connectivity index (χ1) is 8.52. The fourth-order valence-corrected chi connectivity index (χ4v) is 1.44. The van der Waals surface area contributed by atoms with Crippen molar-refractivity contribution in [2.75, 3.05) is 11.9 Å². The van der Waals surface area contributed by atoms with Crippen LogP contribution in [0.2, 0.25) is 0 Å². The lowest BCUT2D eigenvalue weighted by Gasteiger charge is -2.08. The SMILES string of the molecule is CCNC(=O)Nc1ccc(C=CC(=O)O)c(C)c1. The summed E-state index contributed by atoms with van der Waals surface area (Å²) in [7, 11) is 0. The van der Waals surface area contributed by atoms with Gasteiger partial charge in [0.15, 0.2) is 0 Å². The maximum Gasteiger partial charge on any atom is 0.328 e. The summed E-state index contributed by atoms with van der Waals surface area (Å²) in [5, 5.41) is 13.9. The van der Waals surface area contributed by atoms with Crippen LogP contribution in [0.15, 0.2) is 24.3 Å². The Labute approximate surface area is 106 Å². The molecule has 0 aliphatic rings. The van der Waals surface area contributed by atoms with Gasteiger partial charge < -0.3 is 15.7 Å². The van der Waals surface area contributed by atoms with Crippen molar-refractivity contribution in [2.24, 2.45) is 0 Å². The number of carboxylic acids is 1. The van der Waals surface area contributed by atoms with Crippen LogP contribution in [0.5, 0.6) is 0 Å². The van der Waals surface area contributed by atoms with E-state index < -0.39 is 5.97 Å². The number of carbonyl (C=O) groups is 2. The van der Waals surface area contributed by atoms with Gasteiger partial charge in [0.25, 0.3) is 0 Å². The van der Waals surface area contributed by atoms with Crippen molar-refractivity contribution in [3.05, 3.63) is 35.4 Å². The first-order valence-electron chi connectivity index (χ1n) is 5.59. The van der Waals surface area contributed by atoms with Crippen LogP contribution in [0.4, 0.5) is 10.5 Å². The van der Waals surface area contributed by atoms with Gasteiger partial charge in [-0.1, -0.05) is 6.07 Å². The number of anilines is 1. The first-order valence-corrected chi connectivity index (χ1v) is 5.59.